The number of aliphatic hydroxyl groups is 3. The van der Waals surface area contributed by atoms with E-state index in [0.29, 0.717) is 0 Å². The van der Waals surface area contributed by atoms with Crippen LogP contribution < -0.4 is 0 Å². The summed E-state index contributed by atoms with van der Waals surface area (Å²) in [6.45, 7) is -0.0353. The molecule has 60 valence electrons. The smallest absolute Gasteiger partial charge is 0.182 e. The molecule has 0 aromatic rings. The van der Waals surface area contributed by atoms with Crippen molar-refractivity contribution >= 4 is 11.6 Å². The monoisotopic (exact) mass is 168 g/mol. The van der Waals surface area contributed by atoms with Crippen LogP contribution >= 0.6 is 11.6 Å². The van der Waals surface area contributed by atoms with Gasteiger partial charge in [-0.15, -0.1) is 11.6 Å². The molecule has 0 bridgehead atoms. The Kier molecular flexibility index (Phi) is 2.49. The van der Waals surface area contributed by atoms with E-state index >= 15 is 0 Å². The molecule has 4 atom stereocenters. The van der Waals surface area contributed by atoms with E-state index in [-0.39, 0.29) is 6.61 Å². The van der Waals surface area contributed by atoms with Crippen LogP contribution in [0.25, 0.3) is 0 Å². The van der Waals surface area contributed by atoms with Crippen molar-refractivity contribution in [2.75, 3.05) is 6.61 Å². The first-order chi connectivity index (χ1) is 4.63. The van der Waals surface area contributed by atoms with Gasteiger partial charge in [-0.2, -0.15) is 0 Å². The molecule has 5 heteroatoms. The van der Waals surface area contributed by atoms with E-state index in [2.05, 4.69) is 4.74 Å². The molecule has 1 heterocycles. The van der Waals surface area contributed by atoms with Crippen molar-refractivity contribution in [3.8, 4) is 0 Å². The second-order valence-electron chi connectivity index (χ2n) is 2.23. The maximum absolute atomic E-state index is 8.95. The lowest BCUT2D eigenvalue weighted by molar-refractivity contribution is -0.209. The van der Waals surface area contributed by atoms with Crippen LogP contribution in [0.2, 0.25) is 0 Å². The Balaban J connectivity index is 2.52. The molecule has 0 amide bonds. The zero-order valence-electron chi connectivity index (χ0n) is 5.14. The van der Waals surface area contributed by atoms with Gasteiger partial charge in [-0.25, -0.2) is 0 Å². The standard InChI is InChI=1S/C5H9ClO4/c6-3-2(7)1-10-5(9)4(3)8/h2-5,7-9H,1H2/t2-,3-,4+,5+/m1/s1. The number of ether oxygens (including phenoxy) is 1. The van der Waals surface area contributed by atoms with Crippen molar-refractivity contribution < 1.29 is 20.1 Å². The van der Waals surface area contributed by atoms with Gasteiger partial charge in [-0.05, 0) is 0 Å². The van der Waals surface area contributed by atoms with E-state index in [0.717, 1.165) is 0 Å². The minimum atomic E-state index is -1.27. The zero-order chi connectivity index (χ0) is 7.72. The maximum Gasteiger partial charge on any atom is 0.182 e. The normalized spacial score (nSPS) is 49.2. The molecule has 0 aromatic heterocycles. The fourth-order valence-corrected chi connectivity index (χ4v) is 0.970. The third-order valence-corrected chi connectivity index (χ3v) is 1.97. The summed E-state index contributed by atoms with van der Waals surface area (Å²) in [6, 6.07) is 0. The molecule has 0 unspecified atom stereocenters. The predicted molar refractivity (Wildman–Crippen MR) is 33.6 cm³/mol. The molecular formula is C5H9ClO4. The van der Waals surface area contributed by atoms with Crippen LogP contribution in [0, 0.1) is 0 Å². The fourth-order valence-electron chi connectivity index (χ4n) is 0.773. The van der Waals surface area contributed by atoms with Crippen LogP contribution in [-0.2, 0) is 4.74 Å². The van der Waals surface area contributed by atoms with Gasteiger partial charge in [0.2, 0.25) is 0 Å². The average molecular weight is 169 g/mol. The molecular weight excluding hydrogens is 160 g/mol. The first-order valence-corrected chi connectivity index (χ1v) is 3.36. The highest BCUT2D eigenvalue weighted by Crippen LogP contribution is 2.18. The lowest BCUT2D eigenvalue weighted by Gasteiger charge is -2.31. The van der Waals surface area contributed by atoms with Crippen molar-refractivity contribution in [3.05, 3.63) is 0 Å². The van der Waals surface area contributed by atoms with Gasteiger partial charge >= 0.3 is 0 Å². The van der Waals surface area contributed by atoms with Crippen molar-refractivity contribution in [2.24, 2.45) is 0 Å². The van der Waals surface area contributed by atoms with Gasteiger partial charge in [-0.3, -0.25) is 0 Å². The molecule has 0 aromatic carbocycles. The lowest BCUT2D eigenvalue weighted by atomic mass is 10.1. The van der Waals surface area contributed by atoms with Crippen molar-refractivity contribution in [2.45, 2.75) is 23.9 Å². The third-order valence-electron chi connectivity index (χ3n) is 1.42. The van der Waals surface area contributed by atoms with Gasteiger partial charge < -0.3 is 20.1 Å². The Morgan fingerprint density at radius 2 is 1.90 bits per heavy atom. The highest BCUT2D eigenvalue weighted by Gasteiger charge is 2.36. The largest absolute Gasteiger partial charge is 0.389 e. The Bertz CT molecular complexity index is 106. The molecule has 10 heavy (non-hydrogen) atoms. The van der Waals surface area contributed by atoms with E-state index in [1.165, 1.54) is 0 Å². The summed E-state index contributed by atoms with van der Waals surface area (Å²) in [4.78, 5) is 0. The minimum absolute atomic E-state index is 0.0353. The molecule has 1 saturated heterocycles. The molecule has 0 spiro atoms. The first kappa shape index (κ1) is 8.23. The summed E-state index contributed by atoms with van der Waals surface area (Å²) >= 11 is 5.47. The quantitative estimate of drug-likeness (QED) is 0.392. The summed E-state index contributed by atoms with van der Waals surface area (Å²) in [6.07, 6.45) is -3.38. The summed E-state index contributed by atoms with van der Waals surface area (Å²) in [5.74, 6) is 0. The predicted octanol–water partition coefficient (Wildman–Crippen LogP) is -1.34. The molecule has 0 saturated carbocycles. The SMILES string of the molecule is O[C@H]1[C@H](Cl)[C@H](O)CO[C@@H]1O. The highest BCUT2D eigenvalue weighted by molar-refractivity contribution is 6.21. The van der Waals surface area contributed by atoms with E-state index in [4.69, 9.17) is 26.9 Å². The van der Waals surface area contributed by atoms with E-state index < -0.39 is 23.9 Å². The van der Waals surface area contributed by atoms with Crippen LogP contribution in [0.15, 0.2) is 0 Å². The van der Waals surface area contributed by atoms with Crippen molar-refractivity contribution in [1.29, 1.82) is 0 Å². The van der Waals surface area contributed by atoms with Crippen LogP contribution in [0.1, 0.15) is 0 Å². The van der Waals surface area contributed by atoms with Crippen LogP contribution in [0.3, 0.4) is 0 Å². The van der Waals surface area contributed by atoms with Gasteiger partial charge in [0, 0.05) is 0 Å². The lowest BCUT2D eigenvalue weighted by Crippen LogP contribution is -2.50. The topological polar surface area (TPSA) is 69.9 Å². The minimum Gasteiger partial charge on any atom is -0.389 e. The van der Waals surface area contributed by atoms with Crippen LogP contribution in [-0.4, -0.2) is 45.8 Å². The summed E-state index contributed by atoms with van der Waals surface area (Å²) in [7, 11) is 0. The van der Waals surface area contributed by atoms with Crippen molar-refractivity contribution in [3.63, 3.8) is 0 Å². The van der Waals surface area contributed by atoms with E-state index in [1.54, 1.807) is 0 Å². The number of hydrogen-bond donors (Lipinski definition) is 3. The Hall–Kier alpha value is 0.130. The Morgan fingerprint density at radius 3 is 2.40 bits per heavy atom. The zero-order valence-corrected chi connectivity index (χ0v) is 5.90. The first-order valence-electron chi connectivity index (χ1n) is 2.93. The maximum atomic E-state index is 8.95. The van der Waals surface area contributed by atoms with Crippen molar-refractivity contribution in [1.82, 2.24) is 0 Å². The van der Waals surface area contributed by atoms with Gasteiger partial charge in [0.15, 0.2) is 6.29 Å². The van der Waals surface area contributed by atoms with E-state index in [9.17, 15) is 0 Å². The molecule has 0 aliphatic carbocycles. The van der Waals surface area contributed by atoms with Crippen LogP contribution in [0.4, 0.5) is 0 Å². The van der Waals surface area contributed by atoms with E-state index in [1.807, 2.05) is 0 Å². The average Bonchev–Trinajstić information content (AvgIpc) is 1.93. The molecule has 1 aliphatic heterocycles. The number of halogens is 1. The fraction of sp³-hybridized carbons (Fsp3) is 1.00. The number of rotatable bonds is 0. The van der Waals surface area contributed by atoms with Crippen LogP contribution in [0.5, 0.6) is 0 Å². The Labute approximate surface area is 63.0 Å². The number of aliphatic hydroxyl groups excluding tert-OH is 3. The molecule has 3 N–H and O–H groups in total. The van der Waals surface area contributed by atoms with Gasteiger partial charge in [-0.1, -0.05) is 0 Å². The Morgan fingerprint density at radius 1 is 1.30 bits per heavy atom. The molecule has 1 fully saturated rings. The third kappa shape index (κ3) is 1.41. The number of alkyl halides is 1. The second-order valence-corrected chi connectivity index (χ2v) is 2.73. The number of hydrogen-bond acceptors (Lipinski definition) is 4. The summed E-state index contributed by atoms with van der Waals surface area (Å²) in [5.41, 5.74) is 0. The van der Waals surface area contributed by atoms with Gasteiger partial charge in [0.25, 0.3) is 0 Å². The second kappa shape index (κ2) is 3.02. The molecule has 1 aliphatic rings. The summed E-state index contributed by atoms with van der Waals surface area (Å²) in [5, 5.41) is 25.8. The molecule has 1 rings (SSSR count). The van der Waals surface area contributed by atoms with Gasteiger partial charge in [0.05, 0.1) is 18.1 Å². The molecule has 4 nitrogen and oxygen atoms in total. The summed E-state index contributed by atoms with van der Waals surface area (Å²) < 4.78 is 4.54. The highest BCUT2D eigenvalue weighted by atomic mass is 35.5. The molecule has 0 radical (unpaired) electrons. The van der Waals surface area contributed by atoms with Gasteiger partial charge in [0.1, 0.15) is 6.10 Å².